The Balaban J connectivity index is 3.65. The molecule has 0 N–H and O–H groups in total. The minimum absolute atomic E-state index is 0.0856. The molecule has 0 saturated heterocycles. The van der Waals surface area contributed by atoms with Gasteiger partial charge in [0, 0.05) is 13.2 Å². The molecule has 7 nitrogen and oxygen atoms in total. The van der Waals surface area contributed by atoms with Gasteiger partial charge in [0.2, 0.25) is 0 Å². The molecule has 0 aliphatic heterocycles. The van der Waals surface area contributed by atoms with Gasteiger partial charge in [-0.15, -0.1) is 0 Å². The number of unbranched alkanes of at least 4 members (excludes halogenated alkanes) is 13. The van der Waals surface area contributed by atoms with Gasteiger partial charge in [0.15, 0.2) is 0 Å². The van der Waals surface area contributed by atoms with E-state index in [1.165, 1.54) is 83.5 Å². The van der Waals surface area contributed by atoms with Crippen LogP contribution >= 0.6 is 7.82 Å². The quantitative estimate of drug-likeness (QED) is 0.0797. The monoisotopic (exact) mass is 509 g/mol. The Hall–Kier alpha value is -0.0100. The van der Waals surface area contributed by atoms with Crippen LogP contribution in [0.5, 0.6) is 0 Å². The van der Waals surface area contributed by atoms with Crippen LogP contribution in [-0.4, -0.2) is 71.3 Å². The van der Waals surface area contributed by atoms with Crippen molar-refractivity contribution >= 4 is 7.82 Å². The van der Waals surface area contributed by atoms with E-state index in [1.807, 2.05) is 28.1 Å². The van der Waals surface area contributed by atoms with Gasteiger partial charge < -0.3 is 27.9 Å². The molecule has 0 aromatic rings. The molecule has 0 heterocycles. The fourth-order valence-corrected chi connectivity index (χ4v) is 4.36. The van der Waals surface area contributed by atoms with Crippen molar-refractivity contribution in [3.8, 4) is 0 Å². The first-order chi connectivity index (χ1) is 16.2. The molecule has 0 radical (unpaired) electrons. The fourth-order valence-electron chi connectivity index (χ4n) is 3.63. The van der Waals surface area contributed by atoms with Crippen LogP contribution in [0.2, 0.25) is 0 Å². The Bertz CT molecular complexity index is 486. The van der Waals surface area contributed by atoms with Crippen LogP contribution in [0.3, 0.4) is 0 Å². The standard InChI is InChI=1S/C26H56NO6P/c1-6-8-9-10-11-12-13-14-15-16-17-18-19-20-22-30-24-26(31-7-2)25-33-34(28,29)32-23-21-27(3,4)5/h26H,6-25H2,1-5H3/t26-/m1/s1. The van der Waals surface area contributed by atoms with Gasteiger partial charge in [0.1, 0.15) is 19.3 Å². The number of phosphoric ester groups is 1. The maximum absolute atomic E-state index is 11.9. The van der Waals surface area contributed by atoms with Gasteiger partial charge in [-0.25, -0.2) is 0 Å². The van der Waals surface area contributed by atoms with Crippen LogP contribution in [0.15, 0.2) is 0 Å². The molecule has 0 aliphatic carbocycles. The number of likely N-dealkylation sites (N-methyl/N-ethyl adjacent to an activating group) is 1. The first-order valence-corrected chi connectivity index (χ1v) is 15.3. The van der Waals surface area contributed by atoms with E-state index in [1.54, 1.807) is 0 Å². The molecule has 0 amide bonds. The van der Waals surface area contributed by atoms with Crippen LogP contribution in [0.4, 0.5) is 0 Å². The van der Waals surface area contributed by atoms with Crippen molar-refractivity contribution in [2.45, 2.75) is 110 Å². The molecule has 0 rings (SSSR count). The molecule has 0 spiro atoms. The average Bonchev–Trinajstić information content (AvgIpc) is 2.76. The van der Waals surface area contributed by atoms with Crippen molar-refractivity contribution in [2.24, 2.45) is 0 Å². The second-order valence-corrected chi connectivity index (χ2v) is 11.7. The number of phosphoric acid groups is 1. The number of quaternary nitrogens is 1. The molecule has 2 atom stereocenters. The Labute approximate surface area is 211 Å². The maximum atomic E-state index is 11.9. The third-order valence-corrected chi connectivity index (χ3v) is 6.74. The number of ether oxygens (including phenoxy) is 2. The fraction of sp³-hybridized carbons (Fsp3) is 1.00. The van der Waals surface area contributed by atoms with E-state index in [2.05, 4.69) is 6.92 Å². The second-order valence-electron chi connectivity index (χ2n) is 10.3. The molecule has 0 aliphatic rings. The molecule has 0 aromatic carbocycles. The summed E-state index contributed by atoms with van der Waals surface area (Å²) in [5.41, 5.74) is 0. The van der Waals surface area contributed by atoms with Crippen molar-refractivity contribution in [2.75, 3.05) is 60.7 Å². The third kappa shape index (κ3) is 25.1. The number of hydrogen-bond acceptors (Lipinski definition) is 6. The summed E-state index contributed by atoms with van der Waals surface area (Å²) in [6, 6.07) is 0. The van der Waals surface area contributed by atoms with E-state index in [4.69, 9.17) is 18.5 Å². The predicted molar refractivity (Wildman–Crippen MR) is 139 cm³/mol. The number of nitrogens with zero attached hydrogens (tertiary/aromatic N) is 1. The van der Waals surface area contributed by atoms with Crippen molar-refractivity contribution in [1.29, 1.82) is 0 Å². The lowest BCUT2D eigenvalue weighted by atomic mass is 10.0. The van der Waals surface area contributed by atoms with E-state index in [-0.39, 0.29) is 13.2 Å². The van der Waals surface area contributed by atoms with Gasteiger partial charge in [-0.3, -0.25) is 4.57 Å². The smallest absolute Gasteiger partial charge is 0.268 e. The molecule has 0 saturated carbocycles. The first kappa shape index (κ1) is 34.0. The van der Waals surface area contributed by atoms with Crippen molar-refractivity contribution in [3.05, 3.63) is 0 Å². The van der Waals surface area contributed by atoms with Gasteiger partial charge >= 0.3 is 0 Å². The normalized spacial score (nSPS) is 14.9. The zero-order valence-corrected chi connectivity index (χ0v) is 24.0. The summed E-state index contributed by atoms with van der Waals surface area (Å²) < 4.78 is 33.7. The highest BCUT2D eigenvalue weighted by Gasteiger charge is 2.17. The highest BCUT2D eigenvalue weighted by Crippen LogP contribution is 2.38. The zero-order valence-electron chi connectivity index (χ0n) is 23.1. The topological polar surface area (TPSA) is 77.1 Å². The van der Waals surface area contributed by atoms with Gasteiger partial charge in [-0.05, 0) is 13.3 Å². The van der Waals surface area contributed by atoms with Gasteiger partial charge in [-0.2, -0.15) is 0 Å². The highest BCUT2D eigenvalue weighted by molar-refractivity contribution is 7.45. The molecular formula is C26H56NO6P. The van der Waals surface area contributed by atoms with Crippen LogP contribution in [-0.2, 0) is 23.1 Å². The summed E-state index contributed by atoms with van der Waals surface area (Å²) >= 11 is 0. The van der Waals surface area contributed by atoms with E-state index < -0.39 is 13.9 Å². The molecule has 1 unspecified atom stereocenters. The maximum Gasteiger partial charge on any atom is 0.268 e. The minimum Gasteiger partial charge on any atom is -0.756 e. The van der Waals surface area contributed by atoms with Gasteiger partial charge in [0.05, 0.1) is 34.4 Å². The lowest BCUT2D eigenvalue weighted by molar-refractivity contribution is -0.870. The van der Waals surface area contributed by atoms with Gasteiger partial charge in [-0.1, -0.05) is 90.4 Å². The Kier molecular flexibility index (Phi) is 22.2. The van der Waals surface area contributed by atoms with E-state index in [0.29, 0.717) is 30.8 Å². The zero-order chi connectivity index (χ0) is 25.5. The molecule has 0 bridgehead atoms. The van der Waals surface area contributed by atoms with Crippen molar-refractivity contribution in [1.82, 2.24) is 0 Å². The Morgan fingerprint density at radius 2 is 1.21 bits per heavy atom. The lowest BCUT2D eigenvalue weighted by Gasteiger charge is -2.28. The van der Waals surface area contributed by atoms with Crippen LogP contribution < -0.4 is 4.89 Å². The van der Waals surface area contributed by atoms with Crippen molar-refractivity contribution < 1.29 is 32.5 Å². The second kappa shape index (κ2) is 22.2. The molecule has 206 valence electrons. The summed E-state index contributed by atoms with van der Waals surface area (Å²) in [7, 11) is 1.59. The predicted octanol–water partition coefficient (Wildman–Crippen LogP) is 6.10. The first-order valence-electron chi connectivity index (χ1n) is 13.8. The highest BCUT2D eigenvalue weighted by atomic mass is 31.2. The van der Waals surface area contributed by atoms with Crippen LogP contribution in [0.25, 0.3) is 0 Å². The summed E-state index contributed by atoms with van der Waals surface area (Å²) in [4.78, 5) is 11.9. The van der Waals surface area contributed by atoms with Gasteiger partial charge in [0.25, 0.3) is 7.82 Å². The molecule has 8 heteroatoms. The van der Waals surface area contributed by atoms with E-state index in [0.717, 1.165) is 6.42 Å². The molecular weight excluding hydrogens is 453 g/mol. The largest absolute Gasteiger partial charge is 0.756 e. The van der Waals surface area contributed by atoms with Crippen LogP contribution in [0, 0.1) is 0 Å². The average molecular weight is 510 g/mol. The SMILES string of the molecule is CCCCCCCCCCCCCCCCOC[C@H](COP(=O)([O-])OCC[N+](C)(C)C)OCC. The number of hydrogen-bond donors (Lipinski definition) is 0. The molecule has 34 heavy (non-hydrogen) atoms. The third-order valence-electron chi connectivity index (χ3n) is 5.78. The summed E-state index contributed by atoms with van der Waals surface area (Å²) in [6.45, 7) is 6.19. The van der Waals surface area contributed by atoms with Crippen molar-refractivity contribution in [3.63, 3.8) is 0 Å². The van der Waals surface area contributed by atoms with E-state index in [9.17, 15) is 9.46 Å². The van der Waals surface area contributed by atoms with Crippen LogP contribution in [0.1, 0.15) is 104 Å². The summed E-state index contributed by atoms with van der Waals surface area (Å²) in [5, 5.41) is 0. The Morgan fingerprint density at radius 3 is 1.68 bits per heavy atom. The molecule has 0 fully saturated rings. The minimum atomic E-state index is -4.33. The lowest BCUT2D eigenvalue weighted by Crippen LogP contribution is -2.37. The summed E-state index contributed by atoms with van der Waals surface area (Å²) in [6.07, 6.45) is 18.2. The van der Waals surface area contributed by atoms with E-state index >= 15 is 0 Å². The molecule has 0 aromatic heterocycles. The Morgan fingerprint density at radius 1 is 0.706 bits per heavy atom. The number of rotatable bonds is 26. The summed E-state index contributed by atoms with van der Waals surface area (Å²) in [5.74, 6) is 0.